The third-order valence-electron chi connectivity index (χ3n) is 6.66. The Labute approximate surface area is 137 Å². The lowest BCUT2D eigenvalue weighted by molar-refractivity contribution is -0.146. The van der Waals surface area contributed by atoms with Crippen LogP contribution in [0.3, 0.4) is 0 Å². The third-order valence-corrected chi connectivity index (χ3v) is 6.66. The van der Waals surface area contributed by atoms with Crippen LogP contribution < -0.4 is 5.32 Å². The van der Waals surface area contributed by atoms with E-state index in [4.69, 9.17) is 0 Å². The number of likely N-dealkylation sites (tertiary alicyclic amines) is 1. The smallest absolute Gasteiger partial charge is 0.226 e. The summed E-state index contributed by atoms with van der Waals surface area (Å²) in [4.78, 5) is 26.6. The predicted molar refractivity (Wildman–Crippen MR) is 85.4 cm³/mol. The maximum Gasteiger partial charge on any atom is 0.226 e. The van der Waals surface area contributed by atoms with Gasteiger partial charge < -0.3 is 15.3 Å². The Kier molecular flexibility index (Phi) is 3.87. The van der Waals surface area contributed by atoms with Gasteiger partial charge in [0.05, 0.1) is 6.10 Å². The van der Waals surface area contributed by atoms with Gasteiger partial charge in [-0.1, -0.05) is 0 Å². The number of amides is 2. The van der Waals surface area contributed by atoms with Crippen LogP contribution in [-0.4, -0.2) is 47.6 Å². The van der Waals surface area contributed by atoms with E-state index in [2.05, 4.69) is 5.32 Å². The molecule has 4 aliphatic carbocycles. The molecule has 5 heteroatoms. The second-order valence-electron chi connectivity index (χ2n) is 8.49. The van der Waals surface area contributed by atoms with Crippen LogP contribution >= 0.6 is 0 Å². The summed E-state index contributed by atoms with van der Waals surface area (Å²) in [5, 5.41) is 12.6. The minimum absolute atomic E-state index is 0.0485. The van der Waals surface area contributed by atoms with E-state index in [0.29, 0.717) is 32.5 Å². The summed E-state index contributed by atoms with van der Waals surface area (Å²) in [6.07, 6.45) is 7.86. The molecule has 1 aliphatic heterocycles. The zero-order valence-electron chi connectivity index (χ0n) is 13.8. The van der Waals surface area contributed by atoms with Gasteiger partial charge in [-0.3, -0.25) is 9.59 Å². The molecular weight excluding hydrogens is 292 g/mol. The molecule has 0 aromatic rings. The second-order valence-corrected chi connectivity index (χ2v) is 8.49. The van der Waals surface area contributed by atoms with E-state index in [1.807, 2.05) is 0 Å². The van der Waals surface area contributed by atoms with Gasteiger partial charge in [-0.25, -0.2) is 0 Å². The molecule has 2 amide bonds. The molecule has 1 saturated heterocycles. The molecule has 1 heterocycles. The summed E-state index contributed by atoms with van der Waals surface area (Å²) in [6.45, 7) is 1.52. The van der Waals surface area contributed by atoms with Crippen LogP contribution in [0.4, 0.5) is 0 Å². The number of nitrogens with one attached hydrogen (secondary N) is 1. The number of hydrogen-bond donors (Lipinski definition) is 2. The first-order valence-corrected chi connectivity index (χ1v) is 9.28. The van der Waals surface area contributed by atoms with Gasteiger partial charge in [-0.2, -0.15) is 0 Å². The first-order chi connectivity index (χ1) is 11.0. The maximum absolute atomic E-state index is 12.8. The van der Waals surface area contributed by atoms with Crippen molar-refractivity contribution >= 4 is 11.8 Å². The normalized spacial score (nSPS) is 41.3. The largest absolute Gasteiger partial charge is 0.391 e. The molecule has 5 nitrogen and oxygen atoms in total. The van der Waals surface area contributed by atoms with E-state index >= 15 is 0 Å². The quantitative estimate of drug-likeness (QED) is 0.820. The molecule has 0 aromatic heterocycles. The van der Waals surface area contributed by atoms with Crippen LogP contribution in [0.25, 0.3) is 0 Å². The molecule has 5 rings (SSSR count). The monoisotopic (exact) mass is 320 g/mol. The summed E-state index contributed by atoms with van der Waals surface area (Å²) in [6, 6.07) is 0. The van der Waals surface area contributed by atoms with Gasteiger partial charge >= 0.3 is 0 Å². The number of aliphatic hydroxyl groups is 1. The Balaban J connectivity index is 1.28. The SMILES string of the molecule is O=C(CCNC(=O)C12CC3CC(CC(C3)C1)C2)N1CC[C@H](O)C1. The summed E-state index contributed by atoms with van der Waals surface area (Å²) < 4.78 is 0. The van der Waals surface area contributed by atoms with Gasteiger partial charge in [0.1, 0.15) is 0 Å². The van der Waals surface area contributed by atoms with E-state index in [9.17, 15) is 14.7 Å². The van der Waals surface area contributed by atoms with Crippen LogP contribution in [0.15, 0.2) is 0 Å². The van der Waals surface area contributed by atoms with Crippen molar-refractivity contribution in [2.45, 2.75) is 57.5 Å². The van der Waals surface area contributed by atoms with E-state index in [-0.39, 0.29) is 23.3 Å². The molecule has 0 unspecified atom stereocenters. The Morgan fingerprint density at radius 2 is 1.70 bits per heavy atom. The average molecular weight is 320 g/mol. The molecule has 4 bridgehead atoms. The van der Waals surface area contributed by atoms with Crippen LogP contribution in [0, 0.1) is 23.2 Å². The van der Waals surface area contributed by atoms with E-state index < -0.39 is 0 Å². The predicted octanol–water partition coefficient (Wildman–Crippen LogP) is 1.30. The summed E-state index contributed by atoms with van der Waals surface area (Å²) in [5.74, 6) is 2.54. The number of nitrogens with zero attached hydrogens (tertiary/aromatic N) is 1. The summed E-state index contributed by atoms with van der Waals surface area (Å²) >= 11 is 0. The fourth-order valence-corrected chi connectivity index (χ4v) is 5.99. The second kappa shape index (κ2) is 5.76. The molecule has 5 fully saturated rings. The minimum atomic E-state index is -0.374. The Hall–Kier alpha value is -1.10. The zero-order valence-corrected chi connectivity index (χ0v) is 13.8. The van der Waals surface area contributed by atoms with E-state index in [1.54, 1.807) is 4.90 Å². The first-order valence-electron chi connectivity index (χ1n) is 9.28. The fraction of sp³-hybridized carbons (Fsp3) is 0.889. The highest BCUT2D eigenvalue weighted by atomic mass is 16.3. The van der Waals surface area contributed by atoms with Crippen molar-refractivity contribution < 1.29 is 14.7 Å². The molecule has 23 heavy (non-hydrogen) atoms. The van der Waals surface area contributed by atoms with Gasteiger partial charge in [0.15, 0.2) is 0 Å². The molecule has 2 N–H and O–H groups in total. The molecule has 4 saturated carbocycles. The van der Waals surface area contributed by atoms with Gasteiger partial charge in [0.2, 0.25) is 11.8 Å². The van der Waals surface area contributed by atoms with Crippen molar-refractivity contribution in [1.29, 1.82) is 0 Å². The Morgan fingerprint density at radius 1 is 1.09 bits per heavy atom. The van der Waals surface area contributed by atoms with E-state index in [0.717, 1.165) is 37.0 Å². The molecule has 5 aliphatic rings. The van der Waals surface area contributed by atoms with Crippen molar-refractivity contribution in [3.8, 4) is 0 Å². The number of carbonyl (C=O) groups is 2. The molecular formula is C18H28N2O3. The highest BCUT2D eigenvalue weighted by Crippen LogP contribution is 2.60. The zero-order chi connectivity index (χ0) is 16.0. The fourth-order valence-electron chi connectivity index (χ4n) is 5.99. The number of β-amino-alcohol motifs (C(OH)–C–C–N with tert-alkyl or cyclic N) is 1. The minimum Gasteiger partial charge on any atom is -0.391 e. The summed E-state index contributed by atoms with van der Waals surface area (Å²) in [5.41, 5.74) is -0.123. The van der Waals surface area contributed by atoms with Crippen molar-refractivity contribution in [2.24, 2.45) is 23.2 Å². The van der Waals surface area contributed by atoms with Gasteiger partial charge in [-0.15, -0.1) is 0 Å². The molecule has 0 aromatic carbocycles. The lowest BCUT2D eigenvalue weighted by Gasteiger charge is -2.55. The van der Waals surface area contributed by atoms with Crippen LogP contribution in [0.1, 0.15) is 51.4 Å². The number of rotatable bonds is 4. The van der Waals surface area contributed by atoms with Crippen molar-refractivity contribution in [2.75, 3.05) is 19.6 Å². The van der Waals surface area contributed by atoms with Crippen LogP contribution in [-0.2, 0) is 9.59 Å². The highest BCUT2D eigenvalue weighted by Gasteiger charge is 2.54. The maximum atomic E-state index is 12.8. The Bertz CT molecular complexity index is 469. The Morgan fingerprint density at radius 3 is 2.22 bits per heavy atom. The highest BCUT2D eigenvalue weighted by molar-refractivity contribution is 5.84. The van der Waals surface area contributed by atoms with Crippen molar-refractivity contribution in [1.82, 2.24) is 10.2 Å². The number of carbonyl (C=O) groups excluding carboxylic acids is 2. The van der Waals surface area contributed by atoms with Crippen LogP contribution in [0.2, 0.25) is 0 Å². The van der Waals surface area contributed by atoms with Crippen LogP contribution in [0.5, 0.6) is 0 Å². The standard InChI is InChI=1S/C18H28N2O3/c21-15-2-4-20(11-15)16(22)1-3-19-17(23)18-8-12-5-13(9-18)7-14(6-12)10-18/h12-15,21H,1-11H2,(H,19,23)/t12?,13?,14?,15-,18?/m0/s1. The van der Waals surface area contributed by atoms with Gasteiger partial charge in [0, 0.05) is 31.5 Å². The van der Waals surface area contributed by atoms with Gasteiger partial charge in [0.25, 0.3) is 0 Å². The number of hydrogen-bond acceptors (Lipinski definition) is 3. The van der Waals surface area contributed by atoms with E-state index in [1.165, 1.54) is 19.3 Å². The van der Waals surface area contributed by atoms with Crippen molar-refractivity contribution in [3.05, 3.63) is 0 Å². The number of aliphatic hydroxyl groups excluding tert-OH is 1. The average Bonchev–Trinajstić information content (AvgIpc) is 2.92. The molecule has 1 atom stereocenters. The molecule has 0 radical (unpaired) electrons. The topological polar surface area (TPSA) is 69.6 Å². The lowest BCUT2D eigenvalue weighted by atomic mass is 9.49. The lowest BCUT2D eigenvalue weighted by Crippen LogP contribution is -2.53. The van der Waals surface area contributed by atoms with Gasteiger partial charge in [-0.05, 0) is 62.7 Å². The molecule has 128 valence electrons. The summed E-state index contributed by atoms with van der Waals surface area (Å²) in [7, 11) is 0. The third kappa shape index (κ3) is 2.88. The molecule has 0 spiro atoms. The first kappa shape index (κ1) is 15.4. The van der Waals surface area contributed by atoms with Crippen molar-refractivity contribution in [3.63, 3.8) is 0 Å².